The van der Waals surface area contributed by atoms with Crippen LogP contribution in [0.3, 0.4) is 0 Å². The second kappa shape index (κ2) is 13.1. The molecule has 2 aromatic rings. The molecular formula is C23H27Cl2NTi-2. The van der Waals surface area contributed by atoms with Crippen LogP contribution in [0.2, 0.25) is 0 Å². The average molecular weight is 436 g/mol. The van der Waals surface area contributed by atoms with Crippen LogP contribution in [-0.4, -0.2) is 0 Å². The number of aryl methyl sites for hydroxylation is 3. The predicted octanol–water partition coefficient (Wildman–Crippen LogP) is 1.29. The molecule has 0 radical (unpaired) electrons. The molecule has 144 valence electrons. The smallest absolute Gasteiger partial charge is 1.00 e. The zero-order valence-electron chi connectivity index (χ0n) is 16.7. The van der Waals surface area contributed by atoms with Gasteiger partial charge in [0.15, 0.2) is 0 Å². The first kappa shape index (κ1) is 28.1. The Balaban J connectivity index is 0. The molecule has 2 aromatic carbocycles. The van der Waals surface area contributed by atoms with Crippen LogP contribution < -0.4 is 24.8 Å². The molecular weight excluding hydrogens is 409 g/mol. The van der Waals surface area contributed by atoms with Crippen molar-refractivity contribution in [1.82, 2.24) is 0 Å². The van der Waals surface area contributed by atoms with E-state index in [9.17, 15) is 0 Å². The van der Waals surface area contributed by atoms with Crippen molar-refractivity contribution in [1.29, 1.82) is 0 Å². The van der Waals surface area contributed by atoms with Crippen molar-refractivity contribution in [2.45, 2.75) is 41.0 Å². The van der Waals surface area contributed by atoms with E-state index in [2.05, 4.69) is 63.6 Å². The molecule has 27 heavy (non-hydrogen) atoms. The third-order valence-electron chi connectivity index (χ3n) is 4.34. The number of nitrogens with one attached hydrogen (secondary N) is 1. The molecule has 1 nitrogen and oxygen atoms in total. The van der Waals surface area contributed by atoms with Crippen LogP contribution in [0, 0.1) is 27.2 Å². The van der Waals surface area contributed by atoms with Crippen molar-refractivity contribution in [3.8, 4) is 0 Å². The SMILES string of the molecule is C[CH-]c1ccccc1C1=CC(C)=CC1.Cc1cc(C)c([NH-])c(C)c1.[Cl-].[Cl-].[Ti+2]. The topological polar surface area (TPSA) is 23.8 Å². The van der Waals surface area contributed by atoms with Gasteiger partial charge in [-0.15, -0.1) is 23.4 Å². The van der Waals surface area contributed by atoms with E-state index < -0.39 is 0 Å². The first-order valence-corrected chi connectivity index (χ1v) is 8.48. The van der Waals surface area contributed by atoms with Crippen molar-refractivity contribution in [3.63, 3.8) is 0 Å². The fourth-order valence-electron chi connectivity index (χ4n) is 3.07. The summed E-state index contributed by atoms with van der Waals surface area (Å²) in [7, 11) is 0. The predicted molar refractivity (Wildman–Crippen MR) is 107 cm³/mol. The minimum absolute atomic E-state index is 0. The summed E-state index contributed by atoms with van der Waals surface area (Å²) in [5, 5.41) is 0. The molecule has 3 rings (SSSR count). The fourth-order valence-corrected chi connectivity index (χ4v) is 3.07. The summed E-state index contributed by atoms with van der Waals surface area (Å²) in [5.41, 5.74) is 17.1. The molecule has 0 bridgehead atoms. The molecule has 0 atom stereocenters. The second-order valence-corrected chi connectivity index (χ2v) is 6.47. The molecule has 0 spiro atoms. The summed E-state index contributed by atoms with van der Waals surface area (Å²) in [5.74, 6) is 0. The van der Waals surface area contributed by atoms with Crippen LogP contribution in [0.1, 0.15) is 48.1 Å². The van der Waals surface area contributed by atoms with Gasteiger partial charge in [-0.25, -0.2) is 0 Å². The van der Waals surface area contributed by atoms with Crippen LogP contribution in [0.25, 0.3) is 11.3 Å². The van der Waals surface area contributed by atoms with Gasteiger partial charge >= 0.3 is 21.7 Å². The van der Waals surface area contributed by atoms with Gasteiger partial charge in [-0.2, -0.15) is 18.1 Å². The van der Waals surface area contributed by atoms with Gasteiger partial charge in [-0.1, -0.05) is 65.1 Å². The number of benzene rings is 2. The molecule has 0 fully saturated rings. The van der Waals surface area contributed by atoms with E-state index in [0.717, 1.165) is 17.5 Å². The zero-order chi connectivity index (χ0) is 17.7. The van der Waals surface area contributed by atoms with Gasteiger partial charge in [0.1, 0.15) is 0 Å². The van der Waals surface area contributed by atoms with Gasteiger partial charge in [-0.05, 0) is 34.1 Å². The summed E-state index contributed by atoms with van der Waals surface area (Å²) < 4.78 is 0. The number of hydrogen-bond acceptors (Lipinski definition) is 0. The van der Waals surface area contributed by atoms with Crippen LogP contribution >= 0.6 is 0 Å². The van der Waals surface area contributed by atoms with Crippen molar-refractivity contribution < 1.29 is 46.5 Å². The second-order valence-electron chi connectivity index (χ2n) is 6.47. The Labute approximate surface area is 192 Å². The van der Waals surface area contributed by atoms with Gasteiger partial charge < -0.3 is 30.5 Å². The maximum atomic E-state index is 7.54. The number of rotatable bonds is 2. The molecule has 0 aliphatic heterocycles. The molecule has 0 amide bonds. The molecule has 0 aromatic heterocycles. The summed E-state index contributed by atoms with van der Waals surface area (Å²) in [4.78, 5) is 0. The molecule has 1 N–H and O–H groups in total. The molecule has 0 saturated heterocycles. The van der Waals surface area contributed by atoms with Gasteiger partial charge in [0.25, 0.3) is 0 Å². The standard InChI is InChI=1S/C14H15.C9H12N.2ClH.Ti/c1-3-12-6-4-5-7-14(12)13-9-8-11(2)10-13;1-6-4-7(2)9(10)8(3)5-6;;;/h3-8,10H,9H2,1-2H3;4-5,10H,1-3H3;2*1H;/q2*-1;;;+2/p-2. The summed E-state index contributed by atoms with van der Waals surface area (Å²) >= 11 is 0. The Hall–Kier alpha value is -1.12. The number of allylic oxidation sites excluding steroid dienone is 4. The normalized spacial score (nSPS) is 11.4. The Bertz CT molecular complexity index is 772. The van der Waals surface area contributed by atoms with E-state index in [1.807, 2.05) is 26.0 Å². The molecule has 1 aliphatic rings. The van der Waals surface area contributed by atoms with Gasteiger partial charge in [0.2, 0.25) is 0 Å². The molecule has 0 unspecified atom stereocenters. The summed E-state index contributed by atoms with van der Waals surface area (Å²) in [6.45, 7) is 10.3. The Morgan fingerprint density at radius 2 is 1.48 bits per heavy atom. The average Bonchev–Trinajstić information content (AvgIpc) is 2.99. The van der Waals surface area contributed by atoms with E-state index in [-0.39, 0.29) is 46.5 Å². The van der Waals surface area contributed by atoms with Crippen LogP contribution in [-0.2, 0) is 21.7 Å². The van der Waals surface area contributed by atoms with Crippen molar-refractivity contribution in [3.05, 3.63) is 94.1 Å². The van der Waals surface area contributed by atoms with Crippen molar-refractivity contribution in [2.24, 2.45) is 0 Å². The van der Waals surface area contributed by atoms with E-state index in [1.54, 1.807) is 0 Å². The van der Waals surface area contributed by atoms with Crippen molar-refractivity contribution >= 4 is 11.3 Å². The zero-order valence-corrected chi connectivity index (χ0v) is 19.7. The Kier molecular flexibility index (Phi) is 13.7. The minimum Gasteiger partial charge on any atom is -1.00 e. The minimum atomic E-state index is 0. The van der Waals surface area contributed by atoms with E-state index in [0.29, 0.717) is 5.69 Å². The van der Waals surface area contributed by atoms with Crippen LogP contribution in [0.5, 0.6) is 0 Å². The van der Waals surface area contributed by atoms with Gasteiger partial charge in [0, 0.05) is 0 Å². The number of hydrogen-bond donors (Lipinski definition) is 0. The quantitative estimate of drug-likeness (QED) is 0.501. The van der Waals surface area contributed by atoms with Crippen LogP contribution in [0.15, 0.2) is 54.1 Å². The Morgan fingerprint density at radius 1 is 0.926 bits per heavy atom. The Morgan fingerprint density at radius 3 is 1.96 bits per heavy atom. The first-order valence-electron chi connectivity index (χ1n) is 8.48. The third-order valence-corrected chi connectivity index (χ3v) is 4.34. The molecule has 4 heteroatoms. The van der Waals surface area contributed by atoms with E-state index in [4.69, 9.17) is 5.73 Å². The summed E-state index contributed by atoms with van der Waals surface area (Å²) in [6, 6.07) is 12.6. The monoisotopic (exact) mass is 435 g/mol. The van der Waals surface area contributed by atoms with E-state index in [1.165, 1.54) is 27.8 Å². The summed E-state index contributed by atoms with van der Waals surface area (Å²) in [6.07, 6.45) is 7.81. The molecule has 0 saturated carbocycles. The van der Waals surface area contributed by atoms with E-state index >= 15 is 0 Å². The number of halogens is 2. The van der Waals surface area contributed by atoms with Gasteiger partial charge in [-0.3, -0.25) is 0 Å². The maximum absolute atomic E-state index is 7.54. The maximum Gasteiger partial charge on any atom is 2.00 e. The molecule has 1 aliphatic carbocycles. The largest absolute Gasteiger partial charge is 2.00 e. The first-order chi connectivity index (χ1) is 11.4. The van der Waals surface area contributed by atoms with Gasteiger partial charge in [0.05, 0.1) is 0 Å². The fraction of sp³-hybridized carbons (Fsp3) is 0.261. The molecule has 0 heterocycles. The van der Waals surface area contributed by atoms with Crippen molar-refractivity contribution in [2.75, 3.05) is 0 Å². The third kappa shape index (κ3) is 7.80. The van der Waals surface area contributed by atoms with Crippen LogP contribution in [0.4, 0.5) is 5.69 Å².